The summed E-state index contributed by atoms with van der Waals surface area (Å²) in [5.41, 5.74) is 0. The molecule has 0 aromatic carbocycles. The average Bonchev–Trinajstić information content (AvgIpc) is 3.04. The number of carbonyl (C=O) groups excluding carboxylic acids is 2. The first-order valence-corrected chi connectivity index (χ1v) is 11.8. The minimum atomic E-state index is -0.826. The van der Waals surface area contributed by atoms with Gasteiger partial charge in [-0.15, -0.1) is 0 Å². The van der Waals surface area contributed by atoms with Crippen molar-refractivity contribution in [2.45, 2.75) is 26.3 Å². The van der Waals surface area contributed by atoms with Crippen LogP contribution in [0.5, 0.6) is 0 Å². The van der Waals surface area contributed by atoms with E-state index in [2.05, 4.69) is 4.98 Å². The molecular formula is C17H28N4O7S2. The molecule has 0 atom stereocenters. The molecule has 0 saturated heterocycles. The lowest BCUT2D eigenvalue weighted by Crippen LogP contribution is -2.15. The van der Waals surface area contributed by atoms with E-state index in [1.54, 1.807) is 6.92 Å². The van der Waals surface area contributed by atoms with E-state index >= 15 is 0 Å². The van der Waals surface area contributed by atoms with Crippen LogP contribution in [0.1, 0.15) is 18.7 Å². The lowest BCUT2D eigenvalue weighted by molar-refractivity contribution is -0.392. The van der Waals surface area contributed by atoms with Crippen LogP contribution in [0.25, 0.3) is 0 Å². The first kappa shape index (κ1) is 26.0. The minimum absolute atomic E-state index is 0.0569. The molecule has 0 N–H and O–H groups in total. The van der Waals surface area contributed by atoms with Crippen molar-refractivity contribution in [3.63, 3.8) is 0 Å². The van der Waals surface area contributed by atoms with Crippen LogP contribution in [0.15, 0.2) is 6.20 Å². The second-order valence-corrected chi connectivity index (χ2v) is 8.99. The Kier molecular flexibility index (Phi) is 12.9. The molecule has 1 aromatic heterocycles. The second-order valence-electron chi connectivity index (χ2n) is 6.29. The molecule has 0 unspecified atom stereocenters. The van der Waals surface area contributed by atoms with Gasteiger partial charge in [0.05, 0.1) is 0 Å². The van der Waals surface area contributed by atoms with E-state index in [1.807, 2.05) is 19.0 Å². The Balaban J connectivity index is 1.99. The van der Waals surface area contributed by atoms with Crippen molar-refractivity contribution in [3.05, 3.63) is 22.1 Å². The fourth-order valence-electron chi connectivity index (χ4n) is 2.22. The number of hydrogen-bond acceptors (Lipinski definition) is 11. The predicted octanol–water partition coefficient (Wildman–Crippen LogP) is 2.52. The zero-order valence-corrected chi connectivity index (χ0v) is 19.0. The third kappa shape index (κ3) is 11.3. The van der Waals surface area contributed by atoms with E-state index < -0.39 is 11.1 Å². The van der Waals surface area contributed by atoms with Gasteiger partial charge in [-0.05, 0) is 32.0 Å². The highest BCUT2D eigenvalue weighted by Crippen LogP contribution is 2.20. The summed E-state index contributed by atoms with van der Waals surface area (Å²) in [5, 5.41) is 10.9. The van der Waals surface area contributed by atoms with E-state index in [-0.39, 0.29) is 31.5 Å². The van der Waals surface area contributed by atoms with Gasteiger partial charge >= 0.3 is 17.9 Å². The van der Waals surface area contributed by atoms with Crippen LogP contribution in [-0.2, 0) is 25.5 Å². The van der Waals surface area contributed by atoms with Gasteiger partial charge in [0.15, 0.2) is 5.82 Å². The number of rotatable bonds is 15. The lowest BCUT2D eigenvalue weighted by Gasteiger charge is -2.09. The SMILES string of the molecule is Cc1ncc([N+](=O)[O-])n1CCOC(=O)OCCSSCCOC(=O)CCCN(C)C. The van der Waals surface area contributed by atoms with E-state index in [4.69, 9.17) is 14.2 Å². The largest absolute Gasteiger partial charge is 0.508 e. The molecule has 0 amide bonds. The molecular weight excluding hydrogens is 436 g/mol. The number of hydrogen-bond donors (Lipinski definition) is 0. The summed E-state index contributed by atoms with van der Waals surface area (Å²) in [6, 6.07) is 0. The van der Waals surface area contributed by atoms with Gasteiger partial charge in [-0.3, -0.25) is 4.79 Å². The molecule has 0 fully saturated rings. The highest BCUT2D eigenvalue weighted by molar-refractivity contribution is 8.76. The monoisotopic (exact) mass is 464 g/mol. The molecule has 1 aromatic rings. The summed E-state index contributed by atoms with van der Waals surface area (Å²) in [5.74, 6) is 1.33. The van der Waals surface area contributed by atoms with E-state index in [1.165, 1.54) is 26.2 Å². The highest BCUT2D eigenvalue weighted by atomic mass is 33.1. The van der Waals surface area contributed by atoms with Gasteiger partial charge in [0.2, 0.25) is 0 Å². The van der Waals surface area contributed by atoms with Crippen LogP contribution in [-0.4, -0.2) is 83.5 Å². The van der Waals surface area contributed by atoms with Gasteiger partial charge in [-0.1, -0.05) is 21.6 Å². The van der Waals surface area contributed by atoms with Crippen molar-refractivity contribution in [1.82, 2.24) is 14.5 Å². The highest BCUT2D eigenvalue weighted by Gasteiger charge is 2.17. The molecule has 170 valence electrons. The van der Waals surface area contributed by atoms with Crippen molar-refractivity contribution in [3.8, 4) is 0 Å². The molecule has 13 heteroatoms. The zero-order valence-electron chi connectivity index (χ0n) is 17.4. The number of carbonyl (C=O) groups is 2. The summed E-state index contributed by atoms with van der Waals surface area (Å²) in [7, 11) is 6.93. The van der Waals surface area contributed by atoms with Crippen molar-refractivity contribution < 1.29 is 28.7 Å². The minimum Gasteiger partial charge on any atom is -0.465 e. The molecule has 30 heavy (non-hydrogen) atoms. The van der Waals surface area contributed by atoms with Gasteiger partial charge in [0.1, 0.15) is 32.6 Å². The normalized spacial score (nSPS) is 10.8. The van der Waals surface area contributed by atoms with Crippen LogP contribution >= 0.6 is 21.6 Å². The van der Waals surface area contributed by atoms with Gasteiger partial charge in [-0.2, -0.15) is 0 Å². The smallest absolute Gasteiger partial charge is 0.465 e. The van der Waals surface area contributed by atoms with Crippen molar-refractivity contribution in [2.24, 2.45) is 0 Å². The van der Waals surface area contributed by atoms with Crippen molar-refractivity contribution in [2.75, 3.05) is 52.0 Å². The molecule has 0 saturated carbocycles. The Bertz CT molecular complexity index is 685. The first-order chi connectivity index (χ1) is 14.3. The van der Waals surface area contributed by atoms with Crippen molar-refractivity contribution in [1.29, 1.82) is 0 Å². The third-order valence-electron chi connectivity index (χ3n) is 3.64. The number of imidazole rings is 1. The van der Waals surface area contributed by atoms with E-state index in [0.717, 1.165) is 19.2 Å². The van der Waals surface area contributed by atoms with Crippen molar-refractivity contribution >= 4 is 39.5 Å². The van der Waals surface area contributed by atoms with Gasteiger partial charge < -0.3 is 29.2 Å². The van der Waals surface area contributed by atoms with Crippen LogP contribution in [0.2, 0.25) is 0 Å². The van der Waals surface area contributed by atoms with Gasteiger partial charge in [0.25, 0.3) is 0 Å². The quantitative estimate of drug-likeness (QED) is 0.125. The first-order valence-electron chi connectivity index (χ1n) is 9.32. The van der Waals surface area contributed by atoms with E-state index in [0.29, 0.717) is 30.4 Å². The number of esters is 1. The Morgan fingerprint density at radius 3 is 2.43 bits per heavy atom. The topological polar surface area (TPSA) is 126 Å². The standard InChI is InChI=1S/C17H28N4O7S2/c1-14-18-13-15(21(24)25)20(14)7-8-27-17(23)28-10-12-30-29-11-9-26-16(22)5-4-6-19(2)3/h13H,4-12H2,1-3H3. The predicted molar refractivity (Wildman–Crippen MR) is 115 cm³/mol. The van der Waals surface area contributed by atoms with Crippen LogP contribution in [0, 0.1) is 17.0 Å². The summed E-state index contributed by atoms with van der Waals surface area (Å²) in [4.78, 5) is 39.3. The molecule has 0 spiro atoms. The molecule has 0 bridgehead atoms. The number of ether oxygens (including phenoxy) is 3. The van der Waals surface area contributed by atoms with Gasteiger partial charge in [-0.25, -0.2) is 14.3 Å². The number of nitrogens with zero attached hydrogens (tertiary/aromatic N) is 4. The third-order valence-corrected chi connectivity index (χ3v) is 5.98. The Morgan fingerprint density at radius 1 is 1.17 bits per heavy atom. The summed E-state index contributed by atoms with van der Waals surface area (Å²) in [6.45, 7) is 3.07. The maximum absolute atomic E-state index is 11.5. The fraction of sp³-hybridized carbons (Fsp3) is 0.706. The van der Waals surface area contributed by atoms with Crippen LogP contribution in [0.4, 0.5) is 10.6 Å². The molecule has 0 aliphatic rings. The Labute approximate surface area is 183 Å². The number of aryl methyl sites for hydroxylation is 1. The van der Waals surface area contributed by atoms with Crippen LogP contribution in [0.3, 0.4) is 0 Å². The van der Waals surface area contributed by atoms with Crippen LogP contribution < -0.4 is 0 Å². The average molecular weight is 465 g/mol. The maximum Gasteiger partial charge on any atom is 0.508 e. The molecule has 0 aliphatic carbocycles. The molecule has 0 aliphatic heterocycles. The summed E-state index contributed by atoms with van der Waals surface area (Å²) in [6.07, 6.45) is 1.53. The molecule has 0 radical (unpaired) electrons. The maximum atomic E-state index is 11.5. The lowest BCUT2D eigenvalue weighted by atomic mass is 10.3. The summed E-state index contributed by atoms with van der Waals surface area (Å²) < 4.78 is 16.3. The Hall–Kier alpha value is -1.99. The Morgan fingerprint density at radius 2 is 1.80 bits per heavy atom. The number of nitro groups is 1. The molecule has 1 heterocycles. The molecule has 1 rings (SSSR count). The number of aromatic nitrogens is 2. The fourth-order valence-corrected chi connectivity index (χ4v) is 3.87. The van der Waals surface area contributed by atoms with Gasteiger partial charge in [0, 0.05) is 24.9 Å². The van der Waals surface area contributed by atoms with E-state index in [9.17, 15) is 19.7 Å². The molecule has 11 nitrogen and oxygen atoms in total. The second kappa shape index (κ2) is 14.9. The summed E-state index contributed by atoms with van der Waals surface area (Å²) >= 11 is 0. The zero-order chi connectivity index (χ0) is 22.4.